The van der Waals surface area contributed by atoms with Gasteiger partial charge in [0, 0.05) is 13.2 Å². The molecule has 0 aromatic heterocycles. The van der Waals surface area contributed by atoms with Gasteiger partial charge in [0.1, 0.15) is 0 Å². The second-order valence-electron chi connectivity index (χ2n) is 6.34. The number of carbonyl (C=O) groups is 1. The lowest BCUT2D eigenvalue weighted by atomic mass is 9.80. The molecule has 3 rings (SSSR count). The average Bonchev–Trinajstić information content (AvgIpc) is 3.03. The molecule has 2 fully saturated rings. The fourth-order valence-electron chi connectivity index (χ4n) is 3.12. The van der Waals surface area contributed by atoms with Crippen LogP contribution in [0.3, 0.4) is 0 Å². The van der Waals surface area contributed by atoms with Crippen LogP contribution in [0.1, 0.15) is 43.7 Å². The number of ether oxygens (including phenoxy) is 1. The summed E-state index contributed by atoms with van der Waals surface area (Å²) >= 11 is 0. The molecular formula is C17H24N2O3. The molecule has 1 aromatic rings. The molecule has 2 aliphatic rings. The SMILES string of the molecule is O=C(NCC1(O)CCC1)N[C@H](c1ccccc1)[C@@H]1CCCO1. The molecule has 0 spiro atoms. The highest BCUT2D eigenvalue weighted by Crippen LogP contribution is 2.30. The van der Waals surface area contributed by atoms with Crippen molar-refractivity contribution < 1.29 is 14.6 Å². The van der Waals surface area contributed by atoms with Crippen molar-refractivity contribution >= 4 is 6.03 Å². The van der Waals surface area contributed by atoms with Crippen molar-refractivity contribution in [3.05, 3.63) is 35.9 Å². The van der Waals surface area contributed by atoms with Gasteiger partial charge in [-0.05, 0) is 37.7 Å². The zero-order chi connectivity index (χ0) is 15.4. The minimum Gasteiger partial charge on any atom is -0.388 e. The molecule has 5 heteroatoms. The molecule has 2 amide bonds. The molecule has 1 aromatic carbocycles. The van der Waals surface area contributed by atoms with Crippen molar-refractivity contribution in [2.45, 2.75) is 49.9 Å². The summed E-state index contributed by atoms with van der Waals surface area (Å²) in [6.45, 7) is 1.06. The molecule has 0 bridgehead atoms. The molecular weight excluding hydrogens is 280 g/mol. The van der Waals surface area contributed by atoms with E-state index in [2.05, 4.69) is 10.6 Å². The Kier molecular flexibility index (Phi) is 4.64. The third-order valence-electron chi connectivity index (χ3n) is 4.64. The van der Waals surface area contributed by atoms with E-state index in [1.807, 2.05) is 30.3 Å². The smallest absolute Gasteiger partial charge is 0.315 e. The lowest BCUT2D eigenvalue weighted by Crippen LogP contribution is -2.51. The summed E-state index contributed by atoms with van der Waals surface area (Å²) in [4.78, 5) is 12.2. The minimum atomic E-state index is -0.705. The Balaban J connectivity index is 1.60. The summed E-state index contributed by atoms with van der Waals surface area (Å²) < 4.78 is 5.76. The lowest BCUT2D eigenvalue weighted by molar-refractivity contribution is -0.0291. The van der Waals surface area contributed by atoms with E-state index in [9.17, 15) is 9.90 Å². The van der Waals surface area contributed by atoms with Gasteiger partial charge in [-0.15, -0.1) is 0 Å². The van der Waals surface area contributed by atoms with E-state index in [4.69, 9.17) is 4.74 Å². The van der Waals surface area contributed by atoms with Crippen molar-refractivity contribution in [1.82, 2.24) is 10.6 Å². The van der Waals surface area contributed by atoms with Gasteiger partial charge in [0.05, 0.1) is 17.7 Å². The molecule has 0 unspecified atom stereocenters. The maximum Gasteiger partial charge on any atom is 0.315 e. The largest absolute Gasteiger partial charge is 0.388 e. The van der Waals surface area contributed by atoms with Crippen molar-refractivity contribution in [3.8, 4) is 0 Å². The Morgan fingerprint density at radius 3 is 2.68 bits per heavy atom. The highest BCUT2D eigenvalue weighted by Gasteiger charge is 2.35. The Morgan fingerprint density at radius 1 is 1.32 bits per heavy atom. The molecule has 1 heterocycles. The Hall–Kier alpha value is -1.59. The number of benzene rings is 1. The molecule has 0 radical (unpaired) electrons. The first-order chi connectivity index (χ1) is 10.7. The highest BCUT2D eigenvalue weighted by atomic mass is 16.5. The fourth-order valence-corrected chi connectivity index (χ4v) is 3.12. The van der Waals surface area contributed by atoms with Crippen LogP contribution in [0.25, 0.3) is 0 Å². The lowest BCUT2D eigenvalue weighted by Gasteiger charge is -2.36. The molecule has 1 saturated heterocycles. The zero-order valence-electron chi connectivity index (χ0n) is 12.8. The van der Waals surface area contributed by atoms with Gasteiger partial charge in [-0.1, -0.05) is 30.3 Å². The van der Waals surface area contributed by atoms with Gasteiger partial charge in [0.25, 0.3) is 0 Å². The van der Waals surface area contributed by atoms with Gasteiger partial charge < -0.3 is 20.5 Å². The number of carbonyl (C=O) groups excluding carboxylic acids is 1. The van der Waals surface area contributed by atoms with Gasteiger partial charge in [-0.3, -0.25) is 0 Å². The predicted octanol–water partition coefficient (Wildman–Crippen LogP) is 2.12. The number of amides is 2. The van der Waals surface area contributed by atoms with Crippen molar-refractivity contribution in [3.63, 3.8) is 0 Å². The third-order valence-corrected chi connectivity index (χ3v) is 4.64. The van der Waals surface area contributed by atoms with E-state index in [1.165, 1.54) is 0 Å². The van der Waals surface area contributed by atoms with Gasteiger partial charge in [-0.2, -0.15) is 0 Å². The van der Waals surface area contributed by atoms with Crippen molar-refractivity contribution in [2.24, 2.45) is 0 Å². The first kappa shape index (κ1) is 15.3. The van der Waals surface area contributed by atoms with Crippen LogP contribution in [0.15, 0.2) is 30.3 Å². The molecule has 1 aliphatic carbocycles. The van der Waals surface area contributed by atoms with E-state index < -0.39 is 5.60 Å². The van der Waals surface area contributed by atoms with Crippen LogP contribution in [-0.2, 0) is 4.74 Å². The third kappa shape index (κ3) is 3.59. The average molecular weight is 304 g/mol. The zero-order valence-corrected chi connectivity index (χ0v) is 12.8. The number of urea groups is 1. The predicted molar refractivity (Wildman–Crippen MR) is 83.5 cm³/mol. The maximum absolute atomic E-state index is 12.2. The van der Waals surface area contributed by atoms with E-state index >= 15 is 0 Å². The second kappa shape index (κ2) is 6.67. The Morgan fingerprint density at radius 2 is 2.09 bits per heavy atom. The number of hydrogen-bond donors (Lipinski definition) is 3. The summed E-state index contributed by atoms with van der Waals surface area (Å²) in [7, 11) is 0. The molecule has 1 aliphatic heterocycles. The van der Waals surface area contributed by atoms with Gasteiger partial charge >= 0.3 is 6.03 Å². The van der Waals surface area contributed by atoms with E-state index in [0.29, 0.717) is 6.54 Å². The molecule has 5 nitrogen and oxygen atoms in total. The van der Waals surface area contributed by atoms with Crippen LogP contribution in [0.5, 0.6) is 0 Å². The molecule has 120 valence electrons. The van der Waals surface area contributed by atoms with Crippen molar-refractivity contribution in [2.75, 3.05) is 13.2 Å². The topological polar surface area (TPSA) is 70.6 Å². The van der Waals surface area contributed by atoms with Gasteiger partial charge in [0.2, 0.25) is 0 Å². The van der Waals surface area contributed by atoms with E-state index in [-0.39, 0.29) is 18.2 Å². The van der Waals surface area contributed by atoms with E-state index in [0.717, 1.165) is 44.3 Å². The monoisotopic (exact) mass is 304 g/mol. The molecule has 1 saturated carbocycles. The highest BCUT2D eigenvalue weighted by molar-refractivity contribution is 5.74. The molecule has 2 atom stereocenters. The summed E-state index contributed by atoms with van der Waals surface area (Å²) in [6.07, 6.45) is 4.55. The standard InChI is InChI=1S/C17H24N2O3/c20-16(18-12-17(21)9-5-10-17)19-15(14-8-4-11-22-14)13-6-2-1-3-7-13/h1-3,6-7,14-15,21H,4-5,8-12H2,(H2,18,19,20)/t14-,15+/m0/s1. The van der Waals surface area contributed by atoms with Crippen LogP contribution >= 0.6 is 0 Å². The first-order valence-corrected chi connectivity index (χ1v) is 8.10. The number of rotatable bonds is 5. The number of nitrogens with one attached hydrogen (secondary N) is 2. The normalized spacial score (nSPS) is 24.3. The minimum absolute atomic E-state index is 0.0138. The van der Waals surface area contributed by atoms with Gasteiger partial charge in [0.15, 0.2) is 0 Å². The first-order valence-electron chi connectivity index (χ1n) is 8.10. The Bertz CT molecular complexity index is 496. The van der Waals surface area contributed by atoms with Crippen LogP contribution in [0, 0.1) is 0 Å². The van der Waals surface area contributed by atoms with Crippen molar-refractivity contribution in [1.29, 1.82) is 0 Å². The van der Waals surface area contributed by atoms with Crippen LogP contribution in [0.2, 0.25) is 0 Å². The van der Waals surface area contributed by atoms with Crippen LogP contribution < -0.4 is 10.6 Å². The van der Waals surface area contributed by atoms with Crippen LogP contribution in [0.4, 0.5) is 4.79 Å². The second-order valence-corrected chi connectivity index (χ2v) is 6.34. The quantitative estimate of drug-likeness (QED) is 0.780. The van der Waals surface area contributed by atoms with Gasteiger partial charge in [-0.25, -0.2) is 4.79 Å². The van der Waals surface area contributed by atoms with E-state index in [1.54, 1.807) is 0 Å². The fraction of sp³-hybridized carbons (Fsp3) is 0.588. The maximum atomic E-state index is 12.2. The number of hydrogen-bond acceptors (Lipinski definition) is 3. The van der Waals surface area contributed by atoms with Crippen LogP contribution in [-0.4, -0.2) is 36.0 Å². The summed E-state index contributed by atoms with van der Waals surface area (Å²) in [5.41, 5.74) is 0.343. The molecule has 22 heavy (non-hydrogen) atoms. The summed E-state index contributed by atoms with van der Waals surface area (Å²) in [5.74, 6) is 0. The summed E-state index contributed by atoms with van der Waals surface area (Å²) in [5, 5.41) is 15.9. The Labute approximate surface area is 131 Å². The number of aliphatic hydroxyl groups is 1. The molecule has 3 N–H and O–H groups in total. The summed E-state index contributed by atoms with van der Waals surface area (Å²) in [6, 6.07) is 9.51.